The minimum absolute atomic E-state index is 0.00643. The number of carbonyl (C=O) groups excluding carboxylic acids is 2. The second kappa shape index (κ2) is 9.30. The number of pyridine rings is 1. The molecule has 0 radical (unpaired) electrons. The summed E-state index contributed by atoms with van der Waals surface area (Å²) in [4.78, 5) is 29.2. The molecule has 3 heterocycles. The lowest BCUT2D eigenvalue weighted by atomic mass is 9.81. The van der Waals surface area contributed by atoms with Crippen molar-refractivity contribution in [2.45, 2.75) is 31.0 Å². The van der Waals surface area contributed by atoms with Crippen molar-refractivity contribution in [1.29, 1.82) is 0 Å². The van der Waals surface area contributed by atoms with E-state index in [2.05, 4.69) is 15.5 Å². The van der Waals surface area contributed by atoms with Crippen LogP contribution in [0.25, 0.3) is 22.2 Å². The Hall–Kier alpha value is -4.52. The first-order chi connectivity index (χ1) is 18.7. The van der Waals surface area contributed by atoms with Crippen LogP contribution >= 0.6 is 0 Å². The molecule has 4 N–H and O–H groups in total. The Morgan fingerprint density at radius 1 is 1.15 bits per heavy atom. The third kappa shape index (κ3) is 4.31. The summed E-state index contributed by atoms with van der Waals surface area (Å²) in [5.41, 5.74) is -0.182. The number of primary amides is 1. The molecular formula is C27H22F4N4O5. The van der Waals surface area contributed by atoms with E-state index in [1.807, 2.05) is 0 Å². The number of hydrogen-bond donors (Lipinski definition) is 3. The fourth-order valence-corrected chi connectivity index (χ4v) is 4.45. The molecule has 40 heavy (non-hydrogen) atoms. The van der Waals surface area contributed by atoms with Gasteiger partial charge in [0.2, 0.25) is 11.5 Å². The molecule has 1 unspecified atom stereocenters. The van der Waals surface area contributed by atoms with Crippen LogP contribution in [0.4, 0.5) is 17.6 Å². The molecule has 0 spiro atoms. The minimum atomic E-state index is -5.33. The van der Waals surface area contributed by atoms with Gasteiger partial charge in [0.05, 0.1) is 12.2 Å². The van der Waals surface area contributed by atoms with Gasteiger partial charge in [0.15, 0.2) is 0 Å². The maximum atomic E-state index is 14.5. The average Bonchev–Trinajstić information content (AvgIpc) is 3.46. The molecule has 0 bridgehead atoms. The summed E-state index contributed by atoms with van der Waals surface area (Å²) in [5.74, 6) is -2.00. The lowest BCUT2D eigenvalue weighted by Crippen LogP contribution is -2.51. The highest BCUT2D eigenvalue weighted by atomic mass is 19.4. The molecule has 0 saturated heterocycles. The molecule has 2 aromatic heterocycles. The SMILES string of the molecule is Cc1onc2ccc(C(=O)NCC(O)(c3cc4c(c(-c5ccc(F)cc5)n3)OC[C@]4(C)C(N)=O)C(F)(F)F)cc12. The van der Waals surface area contributed by atoms with Crippen molar-refractivity contribution < 1.29 is 41.5 Å². The number of aromatic nitrogens is 2. The first-order valence-electron chi connectivity index (χ1n) is 11.9. The number of aryl methyl sites for hydroxylation is 1. The lowest BCUT2D eigenvalue weighted by molar-refractivity contribution is -0.265. The molecule has 208 valence electrons. The molecule has 13 heteroatoms. The lowest BCUT2D eigenvalue weighted by Gasteiger charge is -2.31. The average molecular weight is 558 g/mol. The van der Waals surface area contributed by atoms with Crippen molar-refractivity contribution in [1.82, 2.24) is 15.5 Å². The fraction of sp³-hybridized carbons (Fsp3) is 0.259. The molecule has 0 fully saturated rings. The highest BCUT2D eigenvalue weighted by Crippen LogP contribution is 2.47. The van der Waals surface area contributed by atoms with Crippen LogP contribution in [-0.2, 0) is 15.8 Å². The van der Waals surface area contributed by atoms with Crippen LogP contribution in [0.2, 0.25) is 0 Å². The number of amides is 2. The van der Waals surface area contributed by atoms with E-state index in [1.165, 1.54) is 37.3 Å². The summed E-state index contributed by atoms with van der Waals surface area (Å²) in [5, 5.41) is 17.5. The Labute approximate surface area is 223 Å². The molecule has 1 aliphatic rings. The van der Waals surface area contributed by atoms with Crippen molar-refractivity contribution in [2.75, 3.05) is 13.2 Å². The largest absolute Gasteiger partial charge is 0.489 e. The Morgan fingerprint density at radius 2 is 1.85 bits per heavy atom. The predicted octanol–water partition coefficient (Wildman–Crippen LogP) is 3.65. The smallest absolute Gasteiger partial charge is 0.424 e. The highest BCUT2D eigenvalue weighted by molar-refractivity contribution is 5.98. The monoisotopic (exact) mass is 558 g/mol. The number of aliphatic hydroxyl groups is 1. The topological polar surface area (TPSA) is 141 Å². The van der Waals surface area contributed by atoms with Crippen molar-refractivity contribution in [3.05, 3.63) is 76.9 Å². The van der Waals surface area contributed by atoms with Crippen LogP contribution in [0.15, 0.2) is 53.1 Å². The van der Waals surface area contributed by atoms with Gasteiger partial charge in [0.25, 0.3) is 5.91 Å². The molecule has 0 aliphatic carbocycles. The van der Waals surface area contributed by atoms with Gasteiger partial charge in [-0.2, -0.15) is 13.2 Å². The molecule has 2 atom stereocenters. The number of benzene rings is 2. The Balaban J connectivity index is 1.59. The quantitative estimate of drug-likeness (QED) is 0.307. The summed E-state index contributed by atoms with van der Waals surface area (Å²) in [6.07, 6.45) is -5.33. The maximum Gasteiger partial charge on any atom is 0.424 e. The predicted molar refractivity (Wildman–Crippen MR) is 133 cm³/mol. The van der Waals surface area contributed by atoms with Crippen LogP contribution in [0.5, 0.6) is 5.75 Å². The summed E-state index contributed by atoms with van der Waals surface area (Å²) in [7, 11) is 0. The van der Waals surface area contributed by atoms with E-state index in [0.29, 0.717) is 16.7 Å². The summed E-state index contributed by atoms with van der Waals surface area (Å²) in [6, 6.07) is 9.79. The molecule has 9 nitrogen and oxygen atoms in total. The van der Waals surface area contributed by atoms with E-state index in [-0.39, 0.29) is 34.7 Å². The Bertz CT molecular complexity index is 1650. The van der Waals surface area contributed by atoms with Gasteiger partial charge in [0.1, 0.15) is 40.6 Å². The number of halogens is 4. The first-order valence-corrected chi connectivity index (χ1v) is 11.9. The molecule has 1 aliphatic heterocycles. The standard InChI is InChI=1S/C27H22F4N4O5/c1-13-17-9-15(5-8-19(17)35-40-13)23(36)33-11-26(38,27(29,30)31)20-10-18-22(39-12-25(18,2)24(32)37)21(34-20)14-3-6-16(28)7-4-14/h3-10,38H,11-12H2,1-2H3,(H2,32,37)(H,33,36)/t25-,26?/m0/s1. The van der Waals surface area contributed by atoms with E-state index in [9.17, 15) is 32.3 Å². The summed E-state index contributed by atoms with van der Waals surface area (Å²) < 4.78 is 67.8. The normalized spacial score (nSPS) is 18.2. The number of alkyl halides is 3. The van der Waals surface area contributed by atoms with Crippen LogP contribution in [-0.4, -0.2) is 46.4 Å². The maximum absolute atomic E-state index is 14.5. The van der Waals surface area contributed by atoms with Crippen LogP contribution in [0.3, 0.4) is 0 Å². The van der Waals surface area contributed by atoms with Gasteiger partial charge in [-0.25, -0.2) is 9.37 Å². The Kier molecular flexibility index (Phi) is 6.29. The number of nitrogens with one attached hydrogen (secondary N) is 1. The molecule has 0 saturated carbocycles. The van der Waals surface area contributed by atoms with Crippen molar-refractivity contribution in [3.8, 4) is 17.0 Å². The van der Waals surface area contributed by atoms with E-state index in [1.54, 1.807) is 6.92 Å². The van der Waals surface area contributed by atoms with Gasteiger partial charge in [-0.1, -0.05) is 5.16 Å². The third-order valence-corrected chi connectivity index (χ3v) is 7.05. The zero-order chi connectivity index (χ0) is 29.0. The summed E-state index contributed by atoms with van der Waals surface area (Å²) >= 11 is 0. The molecule has 2 aromatic carbocycles. The Morgan fingerprint density at radius 3 is 2.50 bits per heavy atom. The number of nitrogens with zero attached hydrogens (tertiary/aromatic N) is 2. The van der Waals surface area contributed by atoms with Gasteiger partial charge in [-0.15, -0.1) is 0 Å². The second-order valence-corrected chi connectivity index (χ2v) is 9.74. The number of carbonyl (C=O) groups is 2. The van der Waals surface area contributed by atoms with Gasteiger partial charge in [-0.05, 0) is 62.4 Å². The number of rotatable bonds is 6. The van der Waals surface area contributed by atoms with Gasteiger partial charge >= 0.3 is 6.18 Å². The van der Waals surface area contributed by atoms with Crippen molar-refractivity contribution in [2.24, 2.45) is 5.73 Å². The zero-order valence-electron chi connectivity index (χ0n) is 21.1. The van der Waals surface area contributed by atoms with E-state index >= 15 is 0 Å². The second-order valence-electron chi connectivity index (χ2n) is 9.74. The third-order valence-electron chi connectivity index (χ3n) is 7.05. The zero-order valence-corrected chi connectivity index (χ0v) is 21.1. The molecule has 2 amide bonds. The van der Waals surface area contributed by atoms with E-state index in [0.717, 1.165) is 18.2 Å². The number of fused-ring (bicyclic) bond motifs is 2. The van der Waals surface area contributed by atoms with Crippen LogP contribution in [0.1, 0.15) is 34.3 Å². The van der Waals surface area contributed by atoms with Gasteiger partial charge in [0, 0.05) is 22.1 Å². The first kappa shape index (κ1) is 27.1. The van der Waals surface area contributed by atoms with Crippen LogP contribution < -0.4 is 15.8 Å². The molecule has 4 aromatic rings. The van der Waals surface area contributed by atoms with Gasteiger partial charge in [-0.3, -0.25) is 9.59 Å². The fourth-order valence-electron chi connectivity index (χ4n) is 4.45. The van der Waals surface area contributed by atoms with Crippen molar-refractivity contribution in [3.63, 3.8) is 0 Å². The molecule has 5 rings (SSSR count). The van der Waals surface area contributed by atoms with E-state index in [4.69, 9.17) is 15.0 Å². The van der Waals surface area contributed by atoms with Gasteiger partial charge < -0.3 is 25.4 Å². The number of ether oxygens (including phenoxy) is 1. The van der Waals surface area contributed by atoms with Crippen molar-refractivity contribution >= 4 is 22.7 Å². The number of nitrogens with two attached hydrogens (primary N) is 1. The highest BCUT2D eigenvalue weighted by Gasteiger charge is 2.57. The van der Waals surface area contributed by atoms with E-state index < -0.39 is 47.1 Å². The van der Waals surface area contributed by atoms with Crippen LogP contribution in [0, 0.1) is 12.7 Å². The molecular weight excluding hydrogens is 536 g/mol. The summed E-state index contributed by atoms with van der Waals surface area (Å²) in [6.45, 7) is 1.39. The minimum Gasteiger partial charge on any atom is -0.489 e. The number of hydrogen-bond acceptors (Lipinski definition) is 7.